The number of nitrogens with zero attached hydrogens (tertiary/aromatic N) is 3. The largest absolute Gasteiger partial charge is 0.334 e. The smallest absolute Gasteiger partial charge is 0.277 e. The summed E-state index contributed by atoms with van der Waals surface area (Å²) in [6.45, 7) is 0. The monoisotopic (exact) mass is 398 g/mol. The summed E-state index contributed by atoms with van der Waals surface area (Å²) in [6, 6.07) is 4.71. The fraction of sp³-hybridized carbons (Fsp3) is 0.111. The molecule has 1 heterocycles. The van der Waals surface area contributed by atoms with Crippen molar-refractivity contribution in [3.05, 3.63) is 28.9 Å². The molecule has 2 aromatic rings. The Balaban J connectivity index is 2.53. The lowest BCUT2D eigenvalue weighted by atomic mass is 10.3. The maximum Gasteiger partial charge on any atom is 0.334 e. The average molecular weight is 399 g/mol. The van der Waals surface area contributed by atoms with Crippen molar-refractivity contribution < 1.29 is 20.7 Å². The first kappa shape index (κ1) is 15.9. The van der Waals surface area contributed by atoms with Crippen LogP contribution in [-0.2, 0) is 27.3 Å². The fourth-order valence-corrected chi connectivity index (χ4v) is 4.43. The van der Waals surface area contributed by atoms with E-state index in [2.05, 4.69) is 26.2 Å². The average Bonchev–Trinajstić information content (AvgIpc) is 2.68. The lowest BCUT2D eigenvalue weighted by molar-refractivity contribution is 0.552. The predicted molar refractivity (Wildman–Crippen MR) is 74.2 cm³/mol. The van der Waals surface area contributed by atoms with E-state index >= 15 is 0 Å². The molecule has 1 aromatic heterocycles. The first-order valence-corrected chi connectivity index (χ1v) is 8.90. The van der Waals surface area contributed by atoms with Crippen molar-refractivity contribution in [2.24, 2.45) is 7.05 Å². The van der Waals surface area contributed by atoms with Gasteiger partial charge in [-0.3, -0.25) is 4.72 Å². The Morgan fingerprint density at radius 2 is 1.86 bits per heavy atom. The van der Waals surface area contributed by atoms with Crippen LogP contribution in [0.2, 0.25) is 0 Å². The molecule has 114 valence electrons. The number of aryl methyl sites for hydroxylation is 1. The topological polar surface area (TPSA) is 111 Å². The summed E-state index contributed by atoms with van der Waals surface area (Å²) in [6.07, 6.45) is 0. The number of anilines is 1. The van der Waals surface area contributed by atoms with Gasteiger partial charge in [-0.15, -0.1) is 8.98 Å². The van der Waals surface area contributed by atoms with Crippen molar-refractivity contribution in [3.8, 4) is 0 Å². The van der Waals surface area contributed by atoms with E-state index in [1.165, 1.54) is 19.2 Å². The molecule has 0 spiro atoms. The molecule has 12 heteroatoms. The second-order valence-corrected chi connectivity index (χ2v) is 7.51. The molecular formula is C9H8BrFN4O4S2. The van der Waals surface area contributed by atoms with E-state index in [0.717, 1.165) is 16.8 Å². The second kappa shape index (κ2) is 5.35. The van der Waals surface area contributed by atoms with Crippen molar-refractivity contribution in [2.45, 2.75) is 9.92 Å². The van der Waals surface area contributed by atoms with Crippen molar-refractivity contribution >= 4 is 41.9 Å². The summed E-state index contributed by atoms with van der Waals surface area (Å²) in [4.78, 5) is -0.778. The van der Waals surface area contributed by atoms with Gasteiger partial charge in [0.05, 0.1) is 5.69 Å². The molecule has 0 bridgehead atoms. The highest BCUT2D eigenvalue weighted by Crippen LogP contribution is 2.27. The zero-order valence-electron chi connectivity index (χ0n) is 10.4. The maximum absolute atomic E-state index is 13.2. The normalized spacial score (nSPS) is 12.3. The number of hydrogen-bond donors (Lipinski definition) is 1. The van der Waals surface area contributed by atoms with Crippen LogP contribution in [0.25, 0.3) is 0 Å². The minimum Gasteiger partial charge on any atom is -0.277 e. The molecule has 0 amide bonds. The molecule has 2 rings (SSSR count). The highest BCUT2D eigenvalue weighted by atomic mass is 79.9. The van der Waals surface area contributed by atoms with Crippen LogP contribution in [0.15, 0.2) is 38.8 Å². The van der Waals surface area contributed by atoms with Crippen molar-refractivity contribution in [1.29, 1.82) is 0 Å². The number of benzene rings is 1. The lowest BCUT2D eigenvalue weighted by Crippen LogP contribution is -2.18. The first-order chi connectivity index (χ1) is 9.63. The van der Waals surface area contributed by atoms with Crippen LogP contribution in [0.4, 0.5) is 9.57 Å². The number of sulfonamides is 1. The Kier molecular flexibility index (Phi) is 4.04. The highest BCUT2D eigenvalue weighted by molar-refractivity contribution is 9.10. The summed E-state index contributed by atoms with van der Waals surface area (Å²) in [5.41, 5.74) is -0.409. The Morgan fingerprint density at radius 1 is 1.24 bits per heavy atom. The maximum atomic E-state index is 13.2. The summed E-state index contributed by atoms with van der Waals surface area (Å²) in [5.74, 6) is 0. The van der Waals surface area contributed by atoms with Gasteiger partial charge < -0.3 is 0 Å². The Morgan fingerprint density at radius 3 is 2.38 bits per heavy atom. The molecular weight excluding hydrogens is 391 g/mol. The molecule has 0 aliphatic rings. The Labute approximate surface area is 128 Å². The number of rotatable bonds is 4. The molecule has 21 heavy (non-hydrogen) atoms. The van der Waals surface area contributed by atoms with E-state index in [4.69, 9.17) is 0 Å². The lowest BCUT2D eigenvalue weighted by Gasteiger charge is -2.10. The van der Waals surface area contributed by atoms with Gasteiger partial charge in [0.2, 0.25) is 5.03 Å². The van der Waals surface area contributed by atoms with E-state index in [0.29, 0.717) is 0 Å². The fourth-order valence-electron chi connectivity index (χ4n) is 1.56. The van der Waals surface area contributed by atoms with Gasteiger partial charge in [0.25, 0.3) is 10.0 Å². The Bertz CT molecular complexity index is 875. The SMILES string of the molecule is Cn1nnc(Br)c1S(=O)(=O)Nc1ccccc1S(=O)(=O)F. The zero-order chi connectivity index (χ0) is 15.8. The molecule has 0 aliphatic heterocycles. The molecule has 1 aromatic carbocycles. The summed E-state index contributed by atoms with van der Waals surface area (Å²) in [5, 5.41) is 6.69. The second-order valence-electron chi connectivity index (χ2n) is 3.85. The zero-order valence-corrected chi connectivity index (χ0v) is 13.6. The van der Waals surface area contributed by atoms with Crippen LogP contribution in [0.5, 0.6) is 0 Å². The molecule has 0 saturated carbocycles. The van der Waals surface area contributed by atoms with E-state index in [1.807, 2.05) is 4.72 Å². The summed E-state index contributed by atoms with van der Waals surface area (Å²) < 4.78 is 62.6. The predicted octanol–water partition coefficient (Wildman–Crippen LogP) is 1.04. The van der Waals surface area contributed by atoms with Gasteiger partial charge in [0.1, 0.15) is 4.90 Å². The van der Waals surface area contributed by atoms with Gasteiger partial charge in [-0.05, 0) is 28.1 Å². The van der Waals surface area contributed by atoms with Crippen molar-refractivity contribution in [3.63, 3.8) is 0 Å². The molecule has 0 saturated heterocycles. The standard InChI is InChI=1S/C9H8BrFN4O4S2/c1-15-9(8(10)12-14-15)21(18,19)13-6-4-2-3-5-7(6)20(11,16)17/h2-5,13H,1H3. The van der Waals surface area contributed by atoms with Crippen LogP contribution in [0, 0.1) is 0 Å². The molecule has 0 unspecified atom stereocenters. The number of hydrogen-bond acceptors (Lipinski definition) is 6. The van der Waals surface area contributed by atoms with Gasteiger partial charge in [-0.1, -0.05) is 17.3 Å². The number of para-hydroxylation sites is 1. The van der Waals surface area contributed by atoms with Gasteiger partial charge >= 0.3 is 10.2 Å². The number of aromatic nitrogens is 3. The molecule has 0 atom stereocenters. The van der Waals surface area contributed by atoms with Gasteiger partial charge in [0.15, 0.2) is 4.60 Å². The van der Waals surface area contributed by atoms with Crippen molar-refractivity contribution in [1.82, 2.24) is 15.0 Å². The summed E-state index contributed by atoms with van der Waals surface area (Å²) in [7, 11) is -7.94. The quantitative estimate of drug-likeness (QED) is 0.769. The van der Waals surface area contributed by atoms with Crippen LogP contribution in [-0.4, -0.2) is 31.8 Å². The molecule has 0 aliphatic carbocycles. The summed E-state index contributed by atoms with van der Waals surface area (Å²) >= 11 is 2.92. The van der Waals surface area contributed by atoms with E-state index in [9.17, 15) is 20.7 Å². The molecule has 0 fully saturated rings. The van der Waals surface area contributed by atoms with E-state index < -0.39 is 30.8 Å². The third-order valence-corrected chi connectivity index (χ3v) is 5.52. The van der Waals surface area contributed by atoms with Crippen LogP contribution >= 0.6 is 15.9 Å². The molecule has 1 N–H and O–H groups in total. The number of nitrogens with one attached hydrogen (secondary N) is 1. The van der Waals surface area contributed by atoms with Crippen LogP contribution in [0.1, 0.15) is 0 Å². The van der Waals surface area contributed by atoms with E-state index in [1.54, 1.807) is 0 Å². The van der Waals surface area contributed by atoms with Gasteiger partial charge in [0, 0.05) is 7.05 Å². The minimum atomic E-state index is -5.07. The van der Waals surface area contributed by atoms with Crippen LogP contribution < -0.4 is 4.72 Å². The Hall–Kier alpha value is -1.53. The van der Waals surface area contributed by atoms with E-state index in [-0.39, 0.29) is 9.63 Å². The van der Waals surface area contributed by atoms with Crippen molar-refractivity contribution in [2.75, 3.05) is 4.72 Å². The first-order valence-electron chi connectivity index (χ1n) is 5.24. The third-order valence-electron chi connectivity index (χ3n) is 2.39. The number of halogens is 2. The van der Waals surface area contributed by atoms with Gasteiger partial charge in [-0.2, -0.15) is 16.8 Å². The minimum absolute atomic E-state index is 0.0573. The molecule has 0 radical (unpaired) electrons. The molecule has 8 nitrogen and oxygen atoms in total. The third kappa shape index (κ3) is 3.22. The van der Waals surface area contributed by atoms with Gasteiger partial charge in [-0.25, -0.2) is 4.68 Å². The highest BCUT2D eigenvalue weighted by Gasteiger charge is 2.27. The van der Waals surface area contributed by atoms with Crippen LogP contribution in [0.3, 0.4) is 0 Å².